The van der Waals surface area contributed by atoms with Crippen molar-refractivity contribution in [1.29, 1.82) is 0 Å². The number of thiophene rings is 1. The lowest BCUT2D eigenvalue weighted by molar-refractivity contribution is 0.112. The van der Waals surface area contributed by atoms with Crippen molar-refractivity contribution >= 4 is 17.6 Å². The van der Waals surface area contributed by atoms with Crippen LogP contribution in [0.2, 0.25) is 0 Å². The Kier molecular flexibility index (Phi) is 3.59. The molecule has 17 heavy (non-hydrogen) atoms. The largest absolute Gasteiger partial charge is 0.491 e. The minimum Gasteiger partial charge on any atom is -0.491 e. The molecule has 2 aromatic rings. The molecule has 0 N–H and O–H groups in total. The van der Waals surface area contributed by atoms with Crippen LogP contribution in [-0.4, -0.2) is 12.4 Å². The van der Waals surface area contributed by atoms with Gasteiger partial charge in [-0.15, -0.1) is 11.3 Å². The van der Waals surface area contributed by atoms with Crippen molar-refractivity contribution in [2.24, 2.45) is 0 Å². The summed E-state index contributed by atoms with van der Waals surface area (Å²) in [5.74, 6) is 0.738. The molecule has 88 valence electrons. The number of hydrogen-bond acceptors (Lipinski definition) is 3. The van der Waals surface area contributed by atoms with Gasteiger partial charge in [-0.1, -0.05) is 6.07 Å². The fraction of sp³-hybridized carbons (Fsp3) is 0.214. The summed E-state index contributed by atoms with van der Waals surface area (Å²) in [4.78, 5) is 12.2. The monoisotopic (exact) mass is 246 g/mol. The topological polar surface area (TPSA) is 26.3 Å². The summed E-state index contributed by atoms with van der Waals surface area (Å²) < 4.78 is 5.57. The van der Waals surface area contributed by atoms with E-state index in [0.29, 0.717) is 5.56 Å². The fourth-order valence-corrected chi connectivity index (χ4v) is 2.41. The van der Waals surface area contributed by atoms with Crippen molar-refractivity contribution in [3.63, 3.8) is 0 Å². The van der Waals surface area contributed by atoms with E-state index in [9.17, 15) is 4.79 Å². The van der Waals surface area contributed by atoms with Gasteiger partial charge in [-0.2, -0.15) is 0 Å². The maximum atomic E-state index is 11.1. The predicted octanol–water partition coefficient (Wildman–Crippen LogP) is 4.01. The fourth-order valence-electron chi connectivity index (χ4n) is 1.64. The molecular weight excluding hydrogens is 232 g/mol. The summed E-state index contributed by atoms with van der Waals surface area (Å²) in [6, 6.07) is 9.63. The lowest BCUT2D eigenvalue weighted by Crippen LogP contribution is -2.05. The van der Waals surface area contributed by atoms with Crippen molar-refractivity contribution < 1.29 is 9.53 Å². The SMILES string of the molecule is CC(C)Oc1ccc(-c2cccs2)c(C=O)c1. The van der Waals surface area contributed by atoms with Crippen LogP contribution in [0, 0.1) is 0 Å². The van der Waals surface area contributed by atoms with E-state index in [2.05, 4.69) is 0 Å². The first-order valence-corrected chi connectivity index (χ1v) is 6.38. The molecule has 0 aliphatic carbocycles. The Bertz CT molecular complexity index is 501. The summed E-state index contributed by atoms with van der Waals surface area (Å²) >= 11 is 1.63. The third-order valence-corrected chi connectivity index (χ3v) is 3.21. The number of aldehydes is 1. The molecule has 0 saturated heterocycles. The van der Waals surface area contributed by atoms with Crippen LogP contribution in [-0.2, 0) is 0 Å². The molecule has 2 rings (SSSR count). The summed E-state index contributed by atoms with van der Waals surface area (Å²) in [5.41, 5.74) is 1.64. The van der Waals surface area contributed by atoms with E-state index < -0.39 is 0 Å². The van der Waals surface area contributed by atoms with Gasteiger partial charge in [-0.3, -0.25) is 4.79 Å². The minimum atomic E-state index is 0.113. The molecule has 1 aromatic carbocycles. The smallest absolute Gasteiger partial charge is 0.150 e. The molecule has 0 unspecified atom stereocenters. The summed E-state index contributed by atoms with van der Waals surface area (Å²) in [6.45, 7) is 3.93. The molecule has 0 amide bonds. The Morgan fingerprint density at radius 1 is 1.29 bits per heavy atom. The maximum Gasteiger partial charge on any atom is 0.150 e. The second kappa shape index (κ2) is 5.15. The number of benzene rings is 1. The molecule has 3 heteroatoms. The Morgan fingerprint density at radius 2 is 2.12 bits per heavy atom. The molecule has 1 heterocycles. The minimum absolute atomic E-state index is 0.113. The summed E-state index contributed by atoms with van der Waals surface area (Å²) in [5, 5.41) is 2.00. The van der Waals surface area contributed by atoms with Crippen LogP contribution in [0.5, 0.6) is 5.75 Å². The highest BCUT2D eigenvalue weighted by atomic mass is 32.1. The zero-order chi connectivity index (χ0) is 12.3. The van der Waals surface area contributed by atoms with E-state index in [1.165, 1.54) is 0 Å². The molecule has 0 spiro atoms. The van der Waals surface area contributed by atoms with E-state index in [4.69, 9.17) is 4.74 Å². The summed E-state index contributed by atoms with van der Waals surface area (Å²) in [7, 11) is 0. The third-order valence-electron chi connectivity index (χ3n) is 2.31. The van der Waals surface area contributed by atoms with Crippen LogP contribution < -0.4 is 4.74 Å². The number of ether oxygens (including phenoxy) is 1. The van der Waals surface area contributed by atoms with Gasteiger partial charge >= 0.3 is 0 Å². The van der Waals surface area contributed by atoms with Crippen molar-refractivity contribution in [1.82, 2.24) is 0 Å². The average molecular weight is 246 g/mol. The number of hydrogen-bond donors (Lipinski definition) is 0. The van der Waals surface area contributed by atoms with Gasteiger partial charge in [0.1, 0.15) is 5.75 Å². The van der Waals surface area contributed by atoms with Crippen molar-refractivity contribution in [2.45, 2.75) is 20.0 Å². The molecule has 0 atom stereocenters. The highest BCUT2D eigenvalue weighted by Gasteiger charge is 2.07. The first kappa shape index (κ1) is 11.9. The number of carbonyl (C=O) groups is 1. The van der Waals surface area contributed by atoms with E-state index in [1.807, 2.05) is 43.5 Å². The second-order valence-corrected chi connectivity index (χ2v) is 4.96. The second-order valence-electron chi connectivity index (χ2n) is 4.01. The van der Waals surface area contributed by atoms with Gasteiger partial charge in [0, 0.05) is 16.0 Å². The van der Waals surface area contributed by atoms with Gasteiger partial charge in [0.05, 0.1) is 6.10 Å². The quantitative estimate of drug-likeness (QED) is 0.762. The van der Waals surface area contributed by atoms with Gasteiger partial charge in [0.25, 0.3) is 0 Å². The molecule has 1 aromatic heterocycles. The third kappa shape index (κ3) is 2.74. The van der Waals surface area contributed by atoms with E-state index in [0.717, 1.165) is 22.5 Å². The molecule has 0 aliphatic heterocycles. The molecule has 0 radical (unpaired) electrons. The Labute approximate surface area is 105 Å². The lowest BCUT2D eigenvalue weighted by Gasteiger charge is -2.11. The van der Waals surface area contributed by atoms with Crippen molar-refractivity contribution in [2.75, 3.05) is 0 Å². The van der Waals surface area contributed by atoms with Crippen LogP contribution in [0.25, 0.3) is 10.4 Å². The molecule has 2 nitrogen and oxygen atoms in total. The zero-order valence-electron chi connectivity index (χ0n) is 9.84. The summed E-state index contributed by atoms with van der Waals surface area (Å²) in [6.07, 6.45) is 0.990. The molecule has 0 saturated carbocycles. The molecule has 0 bridgehead atoms. The predicted molar refractivity (Wildman–Crippen MR) is 70.9 cm³/mol. The lowest BCUT2D eigenvalue weighted by atomic mass is 10.1. The van der Waals surface area contributed by atoms with E-state index >= 15 is 0 Å². The van der Waals surface area contributed by atoms with Crippen LogP contribution >= 0.6 is 11.3 Å². The van der Waals surface area contributed by atoms with Crippen LogP contribution in [0.1, 0.15) is 24.2 Å². The van der Waals surface area contributed by atoms with Gasteiger partial charge < -0.3 is 4.74 Å². The zero-order valence-corrected chi connectivity index (χ0v) is 10.7. The van der Waals surface area contributed by atoms with Gasteiger partial charge in [-0.25, -0.2) is 0 Å². The highest BCUT2D eigenvalue weighted by molar-refractivity contribution is 7.13. The highest BCUT2D eigenvalue weighted by Crippen LogP contribution is 2.30. The normalized spacial score (nSPS) is 10.5. The van der Waals surface area contributed by atoms with Gasteiger partial charge in [-0.05, 0) is 43.5 Å². The van der Waals surface area contributed by atoms with E-state index in [1.54, 1.807) is 17.4 Å². The first-order valence-electron chi connectivity index (χ1n) is 5.50. The Hall–Kier alpha value is -1.61. The van der Waals surface area contributed by atoms with Gasteiger partial charge in [0.2, 0.25) is 0 Å². The van der Waals surface area contributed by atoms with Crippen molar-refractivity contribution in [3.05, 3.63) is 41.3 Å². The van der Waals surface area contributed by atoms with Crippen LogP contribution in [0.3, 0.4) is 0 Å². The average Bonchev–Trinajstić information content (AvgIpc) is 2.81. The standard InChI is InChI=1S/C14H14O2S/c1-10(2)16-12-5-6-13(11(8-12)9-15)14-4-3-7-17-14/h3-10H,1-2H3. The number of rotatable bonds is 4. The van der Waals surface area contributed by atoms with Crippen LogP contribution in [0.15, 0.2) is 35.7 Å². The van der Waals surface area contributed by atoms with Crippen molar-refractivity contribution in [3.8, 4) is 16.2 Å². The molecular formula is C14H14O2S. The molecule has 0 aliphatic rings. The first-order chi connectivity index (χ1) is 8.20. The Balaban J connectivity index is 2.39. The maximum absolute atomic E-state index is 11.1. The van der Waals surface area contributed by atoms with Crippen LogP contribution in [0.4, 0.5) is 0 Å². The van der Waals surface area contributed by atoms with Gasteiger partial charge in [0.15, 0.2) is 6.29 Å². The molecule has 0 fully saturated rings. The Morgan fingerprint density at radius 3 is 2.71 bits per heavy atom. The van der Waals surface area contributed by atoms with E-state index in [-0.39, 0.29) is 6.10 Å². The number of carbonyl (C=O) groups excluding carboxylic acids is 1.